The Hall–Kier alpha value is -5.40. The van der Waals surface area contributed by atoms with E-state index in [1.165, 1.54) is 13.8 Å². The van der Waals surface area contributed by atoms with Crippen LogP contribution < -0.4 is 0 Å². The van der Waals surface area contributed by atoms with Gasteiger partial charge in [0.15, 0.2) is 23.9 Å². The summed E-state index contributed by atoms with van der Waals surface area (Å²) in [4.78, 5) is 85.0. The van der Waals surface area contributed by atoms with Gasteiger partial charge in [0.25, 0.3) is 0 Å². The highest BCUT2D eigenvalue weighted by molar-refractivity contribution is 5.91. The number of carbonyl (C=O) groups is 6. The van der Waals surface area contributed by atoms with E-state index < -0.39 is 60.1 Å². The molecular formula is C30H30N4O10. The lowest BCUT2D eigenvalue weighted by molar-refractivity contribution is -0.201. The van der Waals surface area contributed by atoms with Crippen LogP contribution in [0.2, 0.25) is 0 Å². The number of fused-ring (bicyclic) bond motifs is 2. The van der Waals surface area contributed by atoms with Gasteiger partial charge in [-0.1, -0.05) is 24.3 Å². The molecule has 0 aliphatic carbocycles. The van der Waals surface area contributed by atoms with Crippen molar-refractivity contribution in [1.82, 2.24) is 19.1 Å². The Labute approximate surface area is 250 Å². The first-order valence-electron chi connectivity index (χ1n) is 13.5. The summed E-state index contributed by atoms with van der Waals surface area (Å²) in [5.41, 5.74) is 1.39. The van der Waals surface area contributed by atoms with Crippen LogP contribution in [-0.4, -0.2) is 67.0 Å². The first-order chi connectivity index (χ1) is 20.8. The lowest BCUT2D eigenvalue weighted by Gasteiger charge is -2.35. The number of para-hydroxylation sites is 4. The summed E-state index contributed by atoms with van der Waals surface area (Å²) in [5, 5.41) is 0. The molecule has 0 aliphatic heterocycles. The number of rotatable bonds is 9. The number of nitrogens with zero attached hydrogens (tertiary/aromatic N) is 4. The summed E-state index contributed by atoms with van der Waals surface area (Å²) in [5.74, 6) is -4.92. The molecule has 0 saturated heterocycles. The van der Waals surface area contributed by atoms with E-state index in [-0.39, 0.29) is 11.6 Å². The molecule has 4 atom stereocenters. The molecule has 0 N–H and O–H groups in total. The van der Waals surface area contributed by atoms with Crippen molar-refractivity contribution in [2.45, 2.75) is 66.0 Å². The number of carbonyl (C=O) groups excluding carboxylic acids is 6. The second-order valence-corrected chi connectivity index (χ2v) is 9.83. The number of hydrogen-bond donors (Lipinski definition) is 0. The number of hydrogen-bond acceptors (Lipinski definition) is 12. The van der Waals surface area contributed by atoms with Gasteiger partial charge in [-0.15, -0.1) is 0 Å². The number of aromatic nitrogens is 4. The zero-order chi connectivity index (χ0) is 32.3. The zero-order valence-electron chi connectivity index (χ0n) is 24.8. The lowest BCUT2D eigenvalue weighted by Crippen LogP contribution is -2.46. The first kappa shape index (κ1) is 31.5. The summed E-state index contributed by atoms with van der Waals surface area (Å²) >= 11 is 0. The molecule has 0 aliphatic rings. The van der Waals surface area contributed by atoms with Gasteiger partial charge in [-0.05, 0) is 24.3 Å². The van der Waals surface area contributed by atoms with Crippen LogP contribution in [0, 0.1) is 0 Å². The summed E-state index contributed by atoms with van der Waals surface area (Å²) in [6, 6.07) is 13.1. The fraction of sp³-hybridized carbons (Fsp3) is 0.333. The molecule has 2 aromatic heterocycles. The van der Waals surface area contributed by atoms with Crippen LogP contribution in [-0.2, 0) is 38.1 Å². The number of ether oxygens (including phenoxy) is 4. The van der Waals surface area contributed by atoms with E-state index in [1.807, 2.05) is 0 Å². The normalized spacial score (nSPS) is 13.9. The topological polar surface area (TPSA) is 175 Å². The fourth-order valence-corrected chi connectivity index (χ4v) is 5.01. The lowest BCUT2D eigenvalue weighted by atomic mass is 10.00. The molecule has 230 valence electrons. The number of imidazole rings is 2. The third-order valence-electron chi connectivity index (χ3n) is 6.42. The standard InChI is InChI=1S/C30H30N4O10/c1-15(35)33-23-13-9-7-11-21(23)31-29(33)27(43-19(5)39)25(41-17(3)37)26(42-18(4)38)28(44-20(6)40)30-32-22-12-8-10-14-24(22)34(30)16(2)36/h7-14,25-28H,1-6H3/t25-,26-,27-,28+/m0/s1. The van der Waals surface area contributed by atoms with Crippen molar-refractivity contribution in [3.8, 4) is 0 Å². The highest BCUT2D eigenvalue weighted by atomic mass is 16.6. The smallest absolute Gasteiger partial charge is 0.303 e. The van der Waals surface area contributed by atoms with Crippen LogP contribution in [0.4, 0.5) is 0 Å². The number of esters is 4. The molecule has 4 rings (SSSR count). The minimum atomic E-state index is -1.78. The quantitative estimate of drug-likeness (QED) is 0.201. The molecule has 2 aromatic carbocycles. The molecule has 14 heteroatoms. The molecule has 0 fully saturated rings. The predicted octanol–water partition coefficient (Wildman–Crippen LogP) is 3.48. The van der Waals surface area contributed by atoms with Crippen LogP contribution in [0.5, 0.6) is 0 Å². The van der Waals surface area contributed by atoms with Crippen LogP contribution in [0.3, 0.4) is 0 Å². The molecule has 4 aromatic rings. The van der Waals surface area contributed by atoms with Crippen molar-refractivity contribution >= 4 is 57.8 Å². The molecule has 44 heavy (non-hydrogen) atoms. The third-order valence-corrected chi connectivity index (χ3v) is 6.42. The second-order valence-electron chi connectivity index (χ2n) is 9.83. The van der Waals surface area contributed by atoms with Crippen LogP contribution in [0.25, 0.3) is 22.1 Å². The van der Waals surface area contributed by atoms with Crippen LogP contribution >= 0.6 is 0 Å². The predicted molar refractivity (Wildman–Crippen MR) is 152 cm³/mol. The van der Waals surface area contributed by atoms with Gasteiger partial charge in [0.05, 0.1) is 22.1 Å². The van der Waals surface area contributed by atoms with E-state index in [0.29, 0.717) is 22.1 Å². The summed E-state index contributed by atoms with van der Waals surface area (Å²) in [6.45, 7) is 6.79. The minimum absolute atomic E-state index is 0.168. The minimum Gasteiger partial charge on any atom is -0.454 e. The van der Waals surface area contributed by atoms with Crippen molar-refractivity contribution in [3.05, 3.63) is 60.2 Å². The van der Waals surface area contributed by atoms with Gasteiger partial charge in [0.1, 0.15) is 0 Å². The van der Waals surface area contributed by atoms with Crippen molar-refractivity contribution in [2.24, 2.45) is 0 Å². The van der Waals surface area contributed by atoms with E-state index in [9.17, 15) is 28.8 Å². The Morgan fingerprint density at radius 3 is 1.14 bits per heavy atom. The largest absolute Gasteiger partial charge is 0.454 e. The van der Waals surface area contributed by atoms with Crippen molar-refractivity contribution in [3.63, 3.8) is 0 Å². The fourth-order valence-electron chi connectivity index (χ4n) is 5.01. The first-order valence-corrected chi connectivity index (χ1v) is 13.5. The molecule has 0 spiro atoms. The van der Waals surface area contributed by atoms with Crippen LogP contribution in [0.15, 0.2) is 48.5 Å². The zero-order valence-corrected chi connectivity index (χ0v) is 24.8. The summed E-state index contributed by atoms with van der Waals surface area (Å²) in [7, 11) is 0. The molecule has 0 radical (unpaired) electrons. The maximum atomic E-state index is 12.9. The summed E-state index contributed by atoms with van der Waals surface area (Å²) < 4.78 is 24.9. The van der Waals surface area contributed by atoms with E-state index in [2.05, 4.69) is 9.97 Å². The maximum absolute atomic E-state index is 12.9. The monoisotopic (exact) mass is 606 g/mol. The second kappa shape index (κ2) is 12.9. The SMILES string of the molecule is CC(=O)O[C@@H]([C@H](OC(C)=O)[C@@H](OC(C)=O)c1nc2ccccc2n1C(C)=O)[C@H](OC(C)=O)c1nc2ccccc2n1C(C)=O. The summed E-state index contributed by atoms with van der Waals surface area (Å²) in [6.07, 6.45) is -6.94. The van der Waals surface area contributed by atoms with Crippen molar-refractivity contribution in [1.29, 1.82) is 0 Å². The number of benzene rings is 2. The van der Waals surface area contributed by atoms with Gasteiger partial charge >= 0.3 is 23.9 Å². The average molecular weight is 607 g/mol. The maximum Gasteiger partial charge on any atom is 0.303 e. The highest BCUT2D eigenvalue weighted by Gasteiger charge is 2.48. The van der Waals surface area contributed by atoms with Gasteiger partial charge in [0, 0.05) is 41.5 Å². The van der Waals surface area contributed by atoms with Crippen LogP contribution in [0.1, 0.15) is 75.0 Å². The van der Waals surface area contributed by atoms with Gasteiger partial charge in [-0.25, -0.2) is 9.97 Å². The molecule has 0 bridgehead atoms. The van der Waals surface area contributed by atoms with Gasteiger partial charge in [-0.3, -0.25) is 37.9 Å². The molecular weight excluding hydrogens is 576 g/mol. The van der Waals surface area contributed by atoms with E-state index in [0.717, 1.165) is 36.8 Å². The molecule has 2 heterocycles. The Kier molecular flexibility index (Phi) is 9.21. The van der Waals surface area contributed by atoms with Gasteiger partial charge in [-0.2, -0.15) is 0 Å². The Morgan fingerprint density at radius 1 is 0.523 bits per heavy atom. The van der Waals surface area contributed by atoms with Gasteiger partial charge in [0.2, 0.25) is 24.0 Å². The molecule has 0 saturated carbocycles. The Balaban J connectivity index is 2.04. The molecule has 14 nitrogen and oxygen atoms in total. The highest BCUT2D eigenvalue weighted by Crippen LogP contribution is 2.37. The van der Waals surface area contributed by atoms with E-state index in [4.69, 9.17) is 18.9 Å². The third kappa shape index (κ3) is 6.48. The van der Waals surface area contributed by atoms with Gasteiger partial charge < -0.3 is 18.9 Å². The Bertz CT molecular complexity index is 1660. The molecule has 0 amide bonds. The van der Waals surface area contributed by atoms with E-state index >= 15 is 0 Å². The van der Waals surface area contributed by atoms with Crippen molar-refractivity contribution in [2.75, 3.05) is 0 Å². The Morgan fingerprint density at radius 2 is 0.841 bits per heavy atom. The molecule has 0 unspecified atom stereocenters. The van der Waals surface area contributed by atoms with E-state index in [1.54, 1.807) is 48.5 Å². The average Bonchev–Trinajstić information content (AvgIpc) is 3.51. The van der Waals surface area contributed by atoms with Crippen molar-refractivity contribution < 1.29 is 47.7 Å².